The second kappa shape index (κ2) is 12.0. The molecule has 0 bridgehead atoms. The summed E-state index contributed by atoms with van der Waals surface area (Å²) in [6, 6.07) is 15.7. The predicted molar refractivity (Wildman–Crippen MR) is 167 cm³/mol. The Labute approximate surface area is 251 Å². The zero-order valence-electron chi connectivity index (χ0n) is 25.0. The van der Waals surface area contributed by atoms with E-state index in [9.17, 15) is 0 Å². The van der Waals surface area contributed by atoms with Crippen molar-refractivity contribution in [2.75, 3.05) is 0 Å². The molecule has 0 aliphatic carbocycles. The maximum Gasteiger partial charge on any atom is 0.184 e. The van der Waals surface area contributed by atoms with Crippen molar-refractivity contribution in [3.05, 3.63) is 94.9 Å². The number of terminal acetylenes is 1. The number of ether oxygens (including phenoxy) is 1. The summed E-state index contributed by atoms with van der Waals surface area (Å²) in [5.74, 6) is 2.84. The first-order valence-corrected chi connectivity index (χ1v) is 14.5. The summed E-state index contributed by atoms with van der Waals surface area (Å²) < 4.78 is 36.2. The van der Waals surface area contributed by atoms with Crippen molar-refractivity contribution in [2.24, 2.45) is 11.1 Å². The van der Waals surface area contributed by atoms with Crippen LogP contribution < -0.4 is 10.5 Å². The molecule has 6 nitrogen and oxygen atoms in total. The van der Waals surface area contributed by atoms with Crippen LogP contribution in [0.25, 0.3) is 22.3 Å². The number of unbranched alkanes of at least 4 members (excludes halogenated alkanes) is 1. The monoisotopic (exact) mass is 581 g/mol. The van der Waals surface area contributed by atoms with Crippen LogP contribution in [0.5, 0.6) is 11.5 Å². The number of rotatable bonds is 11. The molecule has 0 aliphatic rings. The molecular weight excluding hydrogens is 544 g/mol. The molecule has 222 valence electrons. The lowest BCUT2D eigenvalue weighted by molar-refractivity contribution is 0.397. The summed E-state index contributed by atoms with van der Waals surface area (Å²) >= 11 is 0. The van der Waals surface area contributed by atoms with E-state index in [4.69, 9.17) is 21.9 Å². The van der Waals surface area contributed by atoms with Crippen LogP contribution in [0.1, 0.15) is 69.0 Å². The second-order valence-electron chi connectivity index (χ2n) is 12.0. The van der Waals surface area contributed by atoms with Crippen molar-refractivity contribution in [3.63, 3.8) is 0 Å². The molecular formula is C35H37F2N5O. The maximum absolute atomic E-state index is 15.2. The van der Waals surface area contributed by atoms with Crippen molar-refractivity contribution < 1.29 is 13.5 Å². The predicted octanol–water partition coefficient (Wildman–Crippen LogP) is 8.32. The first kappa shape index (κ1) is 30.0. The first-order valence-electron chi connectivity index (χ1n) is 14.5. The molecule has 2 aromatic heterocycles. The molecule has 2 heterocycles. The number of benzene rings is 3. The SMILES string of the molecule is C#CC(C)(C)CCCCC(C)(c1cccc(C)c1)c1nc(-c2cc(Oc3c(F)cc4[nH]ccc4c3CN)ccc2F)n[nH]1. The highest BCUT2D eigenvalue weighted by atomic mass is 19.1. The minimum Gasteiger partial charge on any atom is -0.454 e. The molecule has 43 heavy (non-hydrogen) atoms. The lowest BCUT2D eigenvalue weighted by atomic mass is 9.76. The molecule has 4 N–H and O–H groups in total. The van der Waals surface area contributed by atoms with E-state index in [1.807, 2.05) is 12.1 Å². The van der Waals surface area contributed by atoms with Gasteiger partial charge < -0.3 is 15.5 Å². The zero-order valence-corrected chi connectivity index (χ0v) is 25.0. The Morgan fingerprint density at radius 2 is 1.79 bits per heavy atom. The molecule has 1 atom stereocenters. The summed E-state index contributed by atoms with van der Waals surface area (Å²) in [7, 11) is 0. The first-order chi connectivity index (χ1) is 20.5. The molecule has 3 aromatic carbocycles. The highest BCUT2D eigenvalue weighted by molar-refractivity contribution is 5.85. The van der Waals surface area contributed by atoms with Crippen molar-refractivity contribution in [1.82, 2.24) is 20.2 Å². The van der Waals surface area contributed by atoms with Crippen molar-refractivity contribution in [2.45, 2.75) is 65.3 Å². The van der Waals surface area contributed by atoms with Crippen LogP contribution in [0.15, 0.2) is 60.8 Å². The number of aryl methyl sites for hydroxylation is 1. The van der Waals surface area contributed by atoms with E-state index < -0.39 is 17.0 Å². The van der Waals surface area contributed by atoms with Crippen molar-refractivity contribution >= 4 is 10.9 Å². The van der Waals surface area contributed by atoms with Crippen LogP contribution in [0.3, 0.4) is 0 Å². The van der Waals surface area contributed by atoms with Gasteiger partial charge in [-0.05, 0) is 70.4 Å². The minimum absolute atomic E-state index is 0.00266. The molecule has 0 saturated carbocycles. The third kappa shape index (κ3) is 6.18. The van der Waals surface area contributed by atoms with Gasteiger partial charge in [0.15, 0.2) is 17.4 Å². The molecule has 0 radical (unpaired) electrons. The Kier molecular flexibility index (Phi) is 8.38. The lowest BCUT2D eigenvalue weighted by Crippen LogP contribution is -2.26. The summed E-state index contributed by atoms with van der Waals surface area (Å²) in [5.41, 5.74) is 8.79. The number of fused-ring (bicyclic) bond motifs is 1. The number of hydrogen-bond acceptors (Lipinski definition) is 4. The van der Waals surface area contributed by atoms with Crippen LogP contribution in [-0.2, 0) is 12.0 Å². The molecule has 0 saturated heterocycles. The van der Waals surface area contributed by atoms with E-state index in [1.54, 1.807) is 6.20 Å². The number of aromatic nitrogens is 4. The Morgan fingerprint density at radius 3 is 2.53 bits per heavy atom. The Bertz CT molecular complexity index is 1800. The van der Waals surface area contributed by atoms with E-state index in [0.717, 1.165) is 42.2 Å². The summed E-state index contributed by atoms with van der Waals surface area (Å²) in [6.45, 7) is 8.40. The summed E-state index contributed by atoms with van der Waals surface area (Å²) in [6.07, 6.45) is 11.0. The molecule has 0 spiro atoms. The highest BCUT2D eigenvalue weighted by Gasteiger charge is 2.33. The normalized spacial score (nSPS) is 13.2. The smallest absolute Gasteiger partial charge is 0.184 e. The van der Waals surface area contributed by atoms with Crippen LogP contribution >= 0.6 is 0 Å². The Balaban J connectivity index is 1.46. The van der Waals surface area contributed by atoms with E-state index >= 15 is 8.78 Å². The number of halogens is 2. The van der Waals surface area contributed by atoms with Gasteiger partial charge in [0.25, 0.3) is 0 Å². The molecule has 0 aliphatic heterocycles. The highest BCUT2D eigenvalue weighted by Crippen LogP contribution is 2.39. The van der Waals surface area contributed by atoms with E-state index in [0.29, 0.717) is 16.9 Å². The van der Waals surface area contributed by atoms with E-state index in [1.165, 1.54) is 24.3 Å². The third-order valence-electron chi connectivity index (χ3n) is 8.25. The van der Waals surface area contributed by atoms with Crippen LogP contribution in [0, 0.1) is 36.3 Å². The average molecular weight is 582 g/mol. The molecule has 0 fully saturated rings. The van der Waals surface area contributed by atoms with Gasteiger partial charge in [0.2, 0.25) is 0 Å². The van der Waals surface area contributed by atoms with Crippen molar-refractivity contribution in [1.29, 1.82) is 0 Å². The fourth-order valence-corrected chi connectivity index (χ4v) is 5.53. The number of aromatic amines is 2. The number of hydrogen-bond donors (Lipinski definition) is 3. The third-order valence-corrected chi connectivity index (χ3v) is 8.25. The van der Waals surface area contributed by atoms with Gasteiger partial charge in [-0.15, -0.1) is 12.3 Å². The van der Waals surface area contributed by atoms with E-state index in [-0.39, 0.29) is 34.8 Å². The lowest BCUT2D eigenvalue weighted by Gasteiger charge is -2.29. The van der Waals surface area contributed by atoms with Gasteiger partial charge in [-0.3, -0.25) is 5.10 Å². The van der Waals surface area contributed by atoms with Gasteiger partial charge in [0.1, 0.15) is 17.4 Å². The van der Waals surface area contributed by atoms with Crippen molar-refractivity contribution in [3.8, 4) is 35.2 Å². The number of nitrogens with two attached hydrogens (primary N) is 1. The summed E-state index contributed by atoms with van der Waals surface area (Å²) in [5, 5.41) is 8.27. The maximum atomic E-state index is 15.2. The van der Waals surface area contributed by atoms with Gasteiger partial charge in [0.05, 0.1) is 11.0 Å². The van der Waals surface area contributed by atoms with Crippen LogP contribution in [-0.4, -0.2) is 20.2 Å². The second-order valence-corrected chi connectivity index (χ2v) is 12.0. The number of nitrogens with zero attached hydrogens (tertiary/aromatic N) is 2. The fourth-order valence-electron chi connectivity index (χ4n) is 5.53. The van der Waals surface area contributed by atoms with Gasteiger partial charge in [0, 0.05) is 40.7 Å². The van der Waals surface area contributed by atoms with Crippen LogP contribution in [0.4, 0.5) is 8.78 Å². The van der Waals surface area contributed by atoms with Crippen LogP contribution in [0.2, 0.25) is 0 Å². The van der Waals surface area contributed by atoms with Gasteiger partial charge in [-0.1, -0.05) is 42.7 Å². The number of H-pyrrole nitrogens is 2. The fraction of sp³-hybridized carbons (Fsp3) is 0.314. The van der Waals surface area contributed by atoms with Gasteiger partial charge in [-0.25, -0.2) is 13.8 Å². The number of nitrogens with one attached hydrogen (secondary N) is 2. The molecule has 0 amide bonds. The largest absolute Gasteiger partial charge is 0.454 e. The standard InChI is InChI=1S/C35H37F2N5O/c1-6-34(3,4)15-7-8-16-35(5,23-11-9-10-22(2)18-23)33-40-32(41-42-33)26-19-24(12-13-28(26)36)43-31-27(21-38)25-14-17-39-30(25)20-29(31)37/h1,9-14,17-20,39H,7-8,15-16,21,38H2,2-5H3,(H,40,41,42). The minimum atomic E-state index is -0.569. The Hall–Kier alpha value is -4.48. The molecule has 8 heteroatoms. The zero-order chi connectivity index (χ0) is 30.8. The topological polar surface area (TPSA) is 92.6 Å². The summed E-state index contributed by atoms with van der Waals surface area (Å²) in [4.78, 5) is 7.79. The Morgan fingerprint density at radius 1 is 1.00 bits per heavy atom. The van der Waals surface area contributed by atoms with E-state index in [2.05, 4.69) is 67.0 Å². The van der Waals surface area contributed by atoms with Gasteiger partial charge in [-0.2, -0.15) is 5.10 Å². The molecule has 5 aromatic rings. The van der Waals surface area contributed by atoms with Gasteiger partial charge >= 0.3 is 0 Å². The molecule has 5 rings (SSSR count). The quantitative estimate of drug-likeness (QED) is 0.108. The average Bonchev–Trinajstić information content (AvgIpc) is 3.67. The molecule has 1 unspecified atom stereocenters.